The van der Waals surface area contributed by atoms with Crippen LogP contribution in [0, 0.1) is 0 Å². The number of morpholine rings is 1. The summed E-state index contributed by atoms with van der Waals surface area (Å²) >= 11 is 0. The molecule has 172 valence electrons. The Labute approximate surface area is 194 Å². The SMILES string of the molecule is Cl.O=C(CN1C(=O)COc2ccccc21)N(CCCN1CCOCC1)Cc1cccnc1. The summed E-state index contributed by atoms with van der Waals surface area (Å²) in [6.07, 6.45) is 4.36. The van der Waals surface area contributed by atoms with Crippen LogP contribution in [-0.4, -0.2) is 79.1 Å². The number of benzene rings is 1. The predicted octanol–water partition coefficient (Wildman–Crippen LogP) is 1.98. The third kappa shape index (κ3) is 6.18. The average Bonchev–Trinajstić information content (AvgIpc) is 2.81. The molecule has 9 heteroatoms. The van der Waals surface area contributed by atoms with E-state index in [0.29, 0.717) is 24.5 Å². The first-order chi connectivity index (χ1) is 15.2. The molecule has 8 nitrogen and oxygen atoms in total. The fraction of sp³-hybridized carbons (Fsp3) is 0.435. The molecule has 0 bridgehead atoms. The van der Waals surface area contributed by atoms with Gasteiger partial charge in [0.15, 0.2) is 6.61 Å². The first-order valence-corrected chi connectivity index (χ1v) is 10.7. The Morgan fingerprint density at radius 2 is 1.94 bits per heavy atom. The molecule has 32 heavy (non-hydrogen) atoms. The van der Waals surface area contributed by atoms with Crippen LogP contribution in [0.3, 0.4) is 0 Å². The molecule has 2 aliphatic heterocycles. The molecule has 1 aromatic heterocycles. The standard InChI is InChI=1S/C23H28N4O4.ClH/c28-22(17-27-20-6-1-2-7-21(20)31-18-23(27)29)26(16-19-5-3-8-24-15-19)10-4-9-25-11-13-30-14-12-25;/h1-3,5-8,15H,4,9-14,16-18H2;1H. The molecule has 0 unspecified atom stereocenters. The van der Waals surface area contributed by atoms with Crippen molar-refractivity contribution in [3.8, 4) is 5.75 Å². The van der Waals surface area contributed by atoms with Crippen molar-refractivity contribution in [2.24, 2.45) is 0 Å². The predicted molar refractivity (Wildman–Crippen MR) is 123 cm³/mol. The zero-order valence-corrected chi connectivity index (χ0v) is 18.8. The number of amides is 2. The number of anilines is 1. The molecule has 4 rings (SSSR count). The second kappa shape index (κ2) is 11.8. The number of pyridine rings is 1. The van der Waals surface area contributed by atoms with Crippen LogP contribution in [0.2, 0.25) is 0 Å². The van der Waals surface area contributed by atoms with Gasteiger partial charge in [0, 0.05) is 45.1 Å². The lowest BCUT2D eigenvalue weighted by Crippen LogP contribution is -2.47. The molecule has 1 saturated heterocycles. The molecule has 0 N–H and O–H groups in total. The largest absolute Gasteiger partial charge is 0.482 e. The van der Waals surface area contributed by atoms with Gasteiger partial charge in [-0.25, -0.2) is 0 Å². The summed E-state index contributed by atoms with van der Waals surface area (Å²) in [4.78, 5) is 35.7. The molecule has 2 aromatic rings. The number of para-hydroxylation sites is 2. The topological polar surface area (TPSA) is 75.2 Å². The summed E-state index contributed by atoms with van der Waals surface area (Å²) in [6.45, 7) is 5.32. The van der Waals surface area contributed by atoms with E-state index in [9.17, 15) is 9.59 Å². The molecule has 0 saturated carbocycles. The third-order valence-electron chi connectivity index (χ3n) is 5.56. The molecule has 2 amide bonds. The van der Waals surface area contributed by atoms with Crippen LogP contribution in [0.5, 0.6) is 5.75 Å². The van der Waals surface area contributed by atoms with Gasteiger partial charge in [-0.15, -0.1) is 12.4 Å². The van der Waals surface area contributed by atoms with E-state index in [4.69, 9.17) is 9.47 Å². The Hall–Kier alpha value is -2.68. The van der Waals surface area contributed by atoms with Crippen molar-refractivity contribution in [3.05, 3.63) is 54.4 Å². The van der Waals surface area contributed by atoms with Gasteiger partial charge in [0.25, 0.3) is 5.91 Å². The minimum atomic E-state index is -0.207. The number of rotatable bonds is 8. The summed E-state index contributed by atoms with van der Waals surface area (Å²) in [7, 11) is 0. The zero-order chi connectivity index (χ0) is 21.5. The summed E-state index contributed by atoms with van der Waals surface area (Å²) in [5.74, 6) is 0.332. The lowest BCUT2D eigenvalue weighted by atomic mass is 10.2. The zero-order valence-electron chi connectivity index (χ0n) is 18.0. The number of hydrogen-bond acceptors (Lipinski definition) is 6. The molecule has 1 fully saturated rings. The normalized spacial score (nSPS) is 16.0. The second-order valence-electron chi connectivity index (χ2n) is 7.72. The molecular weight excluding hydrogens is 432 g/mol. The Balaban J connectivity index is 0.00000289. The van der Waals surface area contributed by atoms with Crippen LogP contribution >= 0.6 is 12.4 Å². The molecule has 1 aromatic carbocycles. The average molecular weight is 461 g/mol. The number of nitrogens with zero attached hydrogens (tertiary/aromatic N) is 4. The summed E-state index contributed by atoms with van der Waals surface area (Å²) in [5.41, 5.74) is 1.61. The van der Waals surface area contributed by atoms with Crippen LogP contribution in [0.4, 0.5) is 5.69 Å². The minimum Gasteiger partial charge on any atom is -0.482 e. The first-order valence-electron chi connectivity index (χ1n) is 10.7. The highest BCUT2D eigenvalue weighted by Gasteiger charge is 2.28. The van der Waals surface area contributed by atoms with E-state index in [2.05, 4.69) is 9.88 Å². The van der Waals surface area contributed by atoms with E-state index >= 15 is 0 Å². The van der Waals surface area contributed by atoms with Crippen LogP contribution < -0.4 is 9.64 Å². The van der Waals surface area contributed by atoms with Gasteiger partial charge in [0.1, 0.15) is 12.3 Å². The maximum absolute atomic E-state index is 13.3. The lowest BCUT2D eigenvalue weighted by molar-refractivity contribution is -0.132. The fourth-order valence-electron chi connectivity index (χ4n) is 3.88. The van der Waals surface area contributed by atoms with Crippen molar-refractivity contribution in [1.82, 2.24) is 14.8 Å². The summed E-state index contributed by atoms with van der Waals surface area (Å²) < 4.78 is 10.9. The van der Waals surface area contributed by atoms with Gasteiger partial charge in [0.05, 0.1) is 18.9 Å². The highest BCUT2D eigenvalue weighted by molar-refractivity contribution is 6.02. The third-order valence-corrected chi connectivity index (χ3v) is 5.56. The van der Waals surface area contributed by atoms with Crippen LogP contribution in [-0.2, 0) is 20.9 Å². The van der Waals surface area contributed by atoms with Crippen molar-refractivity contribution >= 4 is 29.9 Å². The van der Waals surface area contributed by atoms with Crippen LogP contribution in [0.25, 0.3) is 0 Å². The smallest absolute Gasteiger partial charge is 0.265 e. The Morgan fingerprint density at radius 3 is 2.72 bits per heavy atom. The van der Waals surface area contributed by atoms with E-state index in [-0.39, 0.29) is 37.4 Å². The number of carbonyl (C=O) groups is 2. The van der Waals surface area contributed by atoms with Gasteiger partial charge >= 0.3 is 0 Å². The van der Waals surface area contributed by atoms with Crippen molar-refractivity contribution in [2.45, 2.75) is 13.0 Å². The number of aromatic nitrogens is 1. The second-order valence-corrected chi connectivity index (χ2v) is 7.72. The molecule has 2 aliphatic rings. The highest BCUT2D eigenvalue weighted by Crippen LogP contribution is 2.31. The monoisotopic (exact) mass is 460 g/mol. The molecule has 0 radical (unpaired) electrons. The van der Waals surface area contributed by atoms with Crippen molar-refractivity contribution in [1.29, 1.82) is 0 Å². The van der Waals surface area contributed by atoms with Crippen LogP contribution in [0.1, 0.15) is 12.0 Å². The Morgan fingerprint density at radius 1 is 1.12 bits per heavy atom. The molecule has 0 atom stereocenters. The number of ether oxygens (including phenoxy) is 2. The summed E-state index contributed by atoms with van der Waals surface area (Å²) in [6, 6.07) is 11.2. The number of carbonyl (C=O) groups excluding carboxylic acids is 2. The van der Waals surface area contributed by atoms with E-state index in [1.165, 1.54) is 4.90 Å². The lowest BCUT2D eigenvalue weighted by Gasteiger charge is -2.32. The van der Waals surface area contributed by atoms with E-state index in [1.54, 1.807) is 12.4 Å². The number of halogens is 1. The van der Waals surface area contributed by atoms with E-state index < -0.39 is 0 Å². The van der Waals surface area contributed by atoms with Gasteiger partial charge in [-0.1, -0.05) is 18.2 Å². The van der Waals surface area contributed by atoms with Gasteiger partial charge in [-0.2, -0.15) is 0 Å². The molecule has 3 heterocycles. The van der Waals surface area contributed by atoms with E-state index in [1.807, 2.05) is 41.3 Å². The van der Waals surface area contributed by atoms with Gasteiger partial charge < -0.3 is 14.4 Å². The number of hydrogen-bond donors (Lipinski definition) is 0. The molecule has 0 spiro atoms. The van der Waals surface area contributed by atoms with E-state index in [0.717, 1.165) is 44.8 Å². The van der Waals surface area contributed by atoms with Crippen molar-refractivity contribution in [2.75, 3.05) is 57.4 Å². The first kappa shape index (κ1) is 24.0. The molecule has 0 aliphatic carbocycles. The highest BCUT2D eigenvalue weighted by atomic mass is 35.5. The van der Waals surface area contributed by atoms with Crippen molar-refractivity contribution in [3.63, 3.8) is 0 Å². The Kier molecular flexibility index (Phi) is 8.84. The quantitative estimate of drug-likeness (QED) is 0.599. The van der Waals surface area contributed by atoms with Crippen LogP contribution in [0.15, 0.2) is 48.8 Å². The minimum absolute atomic E-state index is 0. The maximum Gasteiger partial charge on any atom is 0.265 e. The van der Waals surface area contributed by atoms with Gasteiger partial charge in [-0.3, -0.25) is 24.4 Å². The molecular formula is C23H29ClN4O4. The van der Waals surface area contributed by atoms with Crippen molar-refractivity contribution < 1.29 is 19.1 Å². The van der Waals surface area contributed by atoms with Gasteiger partial charge in [0.2, 0.25) is 5.91 Å². The summed E-state index contributed by atoms with van der Waals surface area (Å²) in [5, 5.41) is 0. The van der Waals surface area contributed by atoms with Gasteiger partial charge in [-0.05, 0) is 30.2 Å². The fourth-order valence-corrected chi connectivity index (χ4v) is 3.88. The maximum atomic E-state index is 13.3. The number of fused-ring (bicyclic) bond motifs is 1. The Bertz CT molecular complexity index is 893.